The first-order valence-electron chi connectivity index (χ1n) is 10.8. The molecule has 0 amide bonds. The van der Waals surface area contributed by atoms with Gasteiger partial charge in [-0.3, -0.25) is 4.79 Å². The molecule has 0 saturated heterocycles. The van der Waals surface area contributed by atoms with Gasteiger partial charge in [-0.25, -0.2) is 4.39 Å². The lowest BCUT2D eigenvalue weighted by Crippen LogP contribution is -2.46. The van der Waals surface area contributed by atoms with E-state index in [1.165, 1.54) is 23.3 Å². The van der Waals surface area contributed by atoms with Crippen molar-refractivity contribution in [2.75, 3.05) is 13.2 Å². The highest BCUT2D eigenvalue weighted by atomic mass is 35.5. The van der Waals surface area contributed by atoms with Crippen LogP contribution in [0.1, 0.15) is 43.4 Å². The number of aliphatic hydroxyl groups excluding tert-OH is 1. The van der Waals surface area contributed by atoms with Crippen molar-refractivity contribution in [3.8, 4) is 5.75 Å². The van der Waals surface area contributed by atoms with Gasteiger partial charge >= 0.3 is 5.97 Å². The maximum atomic E-state index is 14.0. The predicted molar refractivity (Wildman–Crippen MR) is 125 cm³/mol. The van der Waals surface area contributed by atoms with E-state index in [1.54, 1.807) is 6.07 Å². The molecular weight excluding hydrogens is 433 g/mol. The lowest BCUT2D eigenvalue weighted by molar-refractivity contribution is -0.136. The number of ether oxygens (including phenoxy) is 1. The van der Waals surface area contributed by atoms with Gasteiger partial charge in [-0.1, -0.05) is 30.3 Å². The number of carboxylic acids is 1. The Morgan fingerprint density at radius 3 is 2.50 bits per heavy atom. The van der Waals surface area contributed by atoms with Gasteiger partial charge in [0, 0.05) is 18.5 Å². The van der Waals surface area contributed by atoms with Crippen LogP contribution in [0.15, 0.2) is 42.5 Å². The summed E-state index contributed by atoms with van der Waals surface area (Å²) in [5, 5.41) is 22.5. The van der Waals surface area contributed by atoms with Crippen molar-refractivity contribution in [1.29, 1.82) is 0 Å². The Morgan fingerprint density at radius 2 is 1.88 bits per heavy atom. The summed E-state index contributed by atoms with van der Waals surface area (Å²) in [4.78, 5) is 10.7. The number of halogens is 2. The molecule has 176 valence electrons. The minimum Gasteiger partial charge on any atom is -0.488 e. The highest BCUT2D eigenvalue weighted by molar-refractivity contribution is 5.85. The van der Waals surface area contributed by atoms with Crippen LogP contribution in [0.4, 0.5) is 4.39 Å². The van der Waals surface area contributed by atoms with E-state index in [0.29, 0.717) is 24.4 Å². The van der Waals surface area contributed by atoms with Crippen LogP contribution in [0, 0.1) is 11.7 Å². The van der Waals surface area contributed by atoms with E-state index in [0.717, 1.165) is 19.3 Å². The molecule has 3 rings (SSSR count). The lowest BCUT2D eigenvalue weighted by atomic mass is 9.88. The van der Waals surface area contributed by atoms with Gasteiger partial charge in [-0.15, -0.1) is 12.4 Å². The Bertz CT molecular complexity index is 880. The normalized spacial score (nSPS) is 14.5. The molecule has 0 aromatic heterocycles. The van der Waals surface area contributed by atoms with Crippen molar-refractivity contribution < 1.29 is 24.1 Å². The van der Waals surface area contributed by atoms with E-state index >= 15 is 0 Å². The van der Waals surface area contributed by atoms with Gasteiger partial charge in [0.15, 0.2) is 11.6 Å². The molecule has 2 aromatic carbocycles. The fraction of sp³-hybridized carbons (Fsp3) is 0.480. The van der Waals surface area contributed by atoms with Crippen molar-refractivity contribution in [3.05, 3.63) is 65.0 Å². The fourth-order valence-electron chi connectivity index (χ4n) is 4.29. The van der Waals surface area contributed by atoms with E-state index in [4.69, 9.17) is 9.84 Å². The first-order chi connectivity index (χ1) is 14.7. The molecule has 1 aliphatic carbocycles. The Hall–Kier alpha value is -2.15. The topological polar surface area (TPSA) is 78.8 Å². The minimum atomic E-state index is -0.905. The molecule has 7 heteroatoms. The van der Waals surface area contributed by atoms with Crippen LogP contribution in [0.25, 0.3) is 0 Å². The summed E-state index contributed by atoms with van der Waals surface area (Å²) in [5.41, 5.74) is 3.41. The molecule has 0 saturated carbocycles. The summed E-state index contributed by atoms with van der Waals surface area (Å²) in [6, 6.07) is 12.9. The SMILES string of the molecule is CC(C)(CC1Cc2ccccc2C1)NCC(O)COc1cc(CCC(=O)O)ccc1F.Cl. The van der Waals surface area contributed by atoms with E-state index < -0.39 is 17.9 Å². The van der Waals surface area contributed by atoms with Crippen LogP contribution in [-0.2, 0) is 24.1 Å². The molecule has 0 bridgehead atoms. The average Bonchev–Trinajstić information content (AvgIpc) is 3.12. The van der Waals surface area contributed by atoms with Crippen LogP contribution >= 0.6 is 12.4 Å². The molecule has 0 radical (unpaired) electrons. The molecule has 3 N–H and O–H groups in total. The summed E-state index contributed by atoms with van der Waals surface area (Å²) in [7, 11) is 0. The fourth-order valence-corrected chi connectivity index (χ4v) is 4.29. The number of hydrogen-bond donors (Lipinski definition) is 3. The molecule has 0 fully saturated rings. The number of nitrogens with one attached hydrogen (secondary N) is 1. The Labute approximate surface area is 195 Å². The maximum absolute atomic E-state index is 14.0. The van der Waals surface area contributed by atoms with Gasteiger partial charge in [0.2, 0.25) is 0 Å². The smallest absolute Gasteiger partial charge is 0.303 e. The number of fused-ring (bicyclic) bond motifs is 1. The van der Waals surface area contributed by atoms with E-state index in [-0.39, 0.29) is 36.7 Å². The zero-order chi connectivity index (χ0) is 22.4. The maximum Gasteiger partial charge on any atom is 0.303 e. The third-order valence-corrected chi connectivity index (χ3v) is 5.81. The lowest BCUT2D eigenvalue weighted by Gasteiger charge is -2.30. The van der Waals surface area contributed by atoms with Crippen molar-refractivity contribution in [1.82, 2.24) is 5.32 Å². The molecule has 0 heterocycles. The molecule has 0 spiro atoms. The number of benzene rings is 2. The molecule has 5 nitrogen and oxygen atoms in total. The number of aliphatic hydroxyl groups is 1. The monoisotopic (exact) mass is 465 g/mol. The molecule has 0 aliphatic heterocycles. The third kappa shape index (κ3) is 7.76. The van der Waals surface area contributed by atoms with Gasteiger partial charge in [-0.2, -0.15) is 0 Å². The number of rotatable bonds is 11. The van der Waals surface area contributed by atoms with Gasteiger partial charge in [0.1, 0.15) is 12.7 Å². The number of aliphatic carboxylic acids is 1. The predicted octanol–water partition coefficient (Wildman–Crippen LogP) is 4.18. The second-order valence-electron chi connectivity index (χ2n) is 9.14. The molecule has 2 aromatic rings. The Balaban J connectivity index is 0.00000363. The summed E-state index contributed by atoms with van der Waals surface area (Å²) >= 11 is 0. The van der Waals surface area contributed by atoms with Crippen molar-refractivity contribution >= 4 is 18.4 Å². The van der Waals surface area contributed by atoms with E-state index in [2.05, 4.69) is 43.4 Å². The standard InChI is InChI=1S/C25H32FNO4.ClH/c1-25(2,14-18-11-19-5-3-4-6-20(19)12-18)27-15-21(28)16-31-23-13-17(7-9-22(23)26)8-10-24(29)30;/h3-7,9,13,18,21,27-28H,8,10-12,14-16H2,1-2H3,(H,29,30);1H. The second kappa shape index (κ2) is 11.6. The van der Waals surface area contributed by atoms with Gasteiger partial charge in [0.05, 0.1) is 0 Å². The summed E-state index contributed by atoms with van der Waals surface area (Å²) in [6.45, 7) is 4.56. The minimum absolute atomic E-state index is 0. The summed E-state index contributed by atoms with van der Waals surface area (Å²) < 4.78 is 19.5. The highest BCUT2D eigenvalue weighted by Crippen LogP contribution is 2.31. The number of aryl methyl sites for hydroxylation is 1. The summed E-state index contributed by atoms with van der Waals surface area (Å²) in [5.74, 6) is -0.821. The summed E-state index contributed by atoms with van der Waals surface area (Å²) in [6.07, 6.45) is 2.65. The average molecular weight is 466 g/mol. The van der Waals surface area contributed by atoms with Gasteiger partial charge < -0.3 is 20.3 Å². The molecule has 1 aliphatic rings. The first-order valence-corrected chi connectivity index (χ1v) is 10.8. The van der Waals surface area contributed by atoms with Crippen molar-refractivity contribution in [2.45, 2.75) is 57.6 Å². The largest absolute Gasteiger partial charge is 0.488 e. The number of carboxylic acid groups (broad SMARTS) is 1. The van der Waals surface area contributed by atoms with Crippen LogP contribution in [-0.4, -0.2) is 41.0 Å². The van der Waals surface area contributed by atoms with Gasteiger partial charge in [0.25, 0.3) is 0 Å². The highest BCUT2D eigenvalue weighted by Gasteiger charge is 2.28. The molecular formula is C25H33ClFNO4. The third-order valence-electron chi connectivity index (χ3n) is 5.81. The van der Waals surface area contributed by atoms with E-state index in [9.17, 15) is 14.3 Å². The van der Waals surface area contributed by atoms with Crippen LogP contribution in [0.3, 0.4) is 0 Å². The van der Waals surface area contributed by atoms with E-state index in [1.807, 2.05) is 0 Å². The number of β-amino-alcohol motifs (C(OH)–C–C–N with tert-alkyl or cyclic N) is 1. The second-order valence-corrected chi connectivity index (χ2v) is 9.14. The quantitative estimate of drug-likeness (QED) is 0.464. The zero-order valence-corrected chi connectivity index (χ0v) is 19.5. The Morgan fingerprint density at radius 1 is 1.22 bits per heavy atom. The molecule has 1 unspecified atom stereocenters. The zero-order valence-electron chi connectivity index (χ0n) is 18.6. The van der Waals surface area contributed by atoms with Gasteiger partial charge in [-0.05, 0) is 74.3 Å². The van der Waals surface area contributed by atoms with Crippen molar-refractivity contribution in [2.24, 2.45) is 5.92 Å². The first kappa shape index (κ1) is 26.1. The number of hydrogen-bond acceptors (Lipinski definition) is 4. The van der Waals surface area contributed by atoms with Crippen LogP contribution in [0.5, 0.6) is 5.75 Å². The van der Waals surface area contributed by atoms with Crippen LogP contribution in [0.2, 0.25) is 0 Å². The molecule has 32 heavy (non-hydrogen) atoms. The van der Waals surface area contributed by atoms with Crippen LogP contribution < -0.4 is 10.1 Å². The number of carbonyl (C=O) groups is 1. The van der Waals surface area contributed by atoms with Crippen molar-refractivity contribution in [3.63, 3.8) is 0 Å². The Kier molecular flexibility index (Phi) is 9.49. The molecule has 1 atom stereocenters.